The predicted octanol–water partition coefficient (Wildman–Crippen LogP) is 13.4. The van der Waals surface area contributed by atoms with Gasteiger partial charge in [-0.3, -0.25) is 0 Å². The number of hydrogen-bond acceptors (Lipinski definition) is 4. The summed E-state index contributed by atoms with van der Waals surface area (Å²) in [6, 6.07) is 57.0. The second-order valence-corrected chi connectivity index (χ2v) is 15.9. The van der Waals surface area contributed by atoms with Crippen LogP contribution in [0.4, 0.5) is 0 Å². The minimum Gasteiger partial charge on any atom is -0.478 e. The summed E-state index contributed by atoms with van der Waals surface area (Å²) in [7, 11) is 0. The minimum atomic E-state index is -0.994. The zero-order valence-corrected chi connectivity index (χ0v) is 33.7. The van der Waals surface area contributed by atoms with Crippen LogP contribution in [0.1, 0.15) is 41.4 Å². The van der Waals surface area contributed by atoms with E-state index in [2.05, 4.69) is 60.7 Å². The average molecular weight is 835 g/mol. The quantitative estimate of drug-likeness (QED) is 0.112. The van der Waals surface area contributed by atoms with Crippen molar-refractivity contribution in [3.8, 4) is 55.6 Å². The highest BCUT2D eigenvalue weighted by Crippen LogP contribution is 2.40. The number of rotatable bonds is 9. The van der Waals surface area contributed by atoms with Crippen LogP contribution in [-0.4, -0.2) is 44.3 Å². The lowest BCUT2D eigenvalue weighted by Crippen LogP contribution is -1.95. The first-order valence-corrected chi connectivity index (χ1v) is 20.3. The van der Waals surface area contributed by atoms with E-state index in [1.165, 1.54) is 0 Å². The maximum atomic E-state index is 11.8. The van der Waals surface area contributed by atoms with Gasteiger partial charge in [0.05, 0.1) is 22.3 Å². The third-order valence-electron chi connectivity index (χ3n) is 11.9. The Bertz CT molecular complexity index is 3170. The van der Waals surface area contributed by atoms with Gasteiger partial charge in [-0.15, -0.1) is 0 Å². The number of carboxylic acid groups (broad SMARTS) is 4. The van der Waals surface area contributed by atoms with Crippen molar-refractivity contribution < 1.29 is 39.6 Å². The van der Waals surface area contributed by atoms with Crippen molar-refractivity contribution in [2.75, 3.05) is 0 Å². The van der Waals surface area contributed by atoms with E-state index >= 15 is 0 Å². The third kappa shape index (κ3) is 7.46. The highest BCUT2D eigenvalue weighted by molar-refractivity contribution is 6.00. The lowest BCUT2D eigenvalue weighted by Gasteiger charge is -2.16. The summed E-state index contributed by atoms with van der Waals surface area (Å²) < 4.78 is 0. The summed E-state index contributed by atoms with van der Waals surface area (Å²) in [5.74, 6) is -3.98. The predicted molar refractivity (Wildman–Crippen MR) is 251 cm³/mol. The monoisotopic (exact) mass is 834 g/mol. The Kier molecular flexibility index (Phi) is 9.54. The van der Waals surface area contributed by atoms with E-state index in [1.54, 1.807) is 48.5 Å². The van der Waals surface area contributed by atoms with E-state index in [1.807, 2.05) is 72.8 Å². The molecule has 0 heterocycles. The molecule has 8 heteroatoms. The Morgan fingerprint density at radius 1 is 0.203 bits per heavy atom. The molecule has 0 unspecified atom stereocenters. The van der Waals surface area contributed by atoms with Crippen LogP contribution < -0.4 is 0 Å². The number of benzene rings is 10. The van der Waals surface area contributed by atoms with E-state index in [-0.39, 0.29) is 22.3 Å². The molecule has 64 heavy (non-hydrogen) atoms. The summed E-state index contributed by atoms with van der Waals surface area (Å²) in [5, 5.41) is 45.3. The zero-order valence-electron chi connectivity index (χ0n) is 33.7. The molecule has 10 aromatic rings. The molecule has 0 saturated carbocycles. The molecule has 8 nitrogen and oxygen atoms in total. The standard InChI is InChI=1S/C56H34O8/c57-53(58)43-13-9-31-17-39(5-1-35(31)21-43)47-25-48(40-6-2-36-22-44(54(59)60)14-10-32(36)18-40)28-51(27-47)52-29-49(41-7-3-37-23-45(55(61)62)15-11-33(37)19-41)26-50(30-52)42-8-4-38-24-46(56(63)64)16-12-34(38)20-42/h1-30H,(H,57,58)(H,59,60)(H,61,62)(H,63,64). The Labute approximate surface area is 365 Å². The lowest BCUT2D eigenvalue weighted by molar-refractivity contribution is 0.0686. The molecule has 0 aliphatic heterocycles. The van der Waals surface area contributed by atoms with Crippen LogP contribution in [0.5, 0.6) is 0 Å². The van der Waals surface area contributed by atoms with Gasteiger partial charge in [0.25, 0.3) is 0 Å². The Hall–Kier alpha value is -8.88. The van der Waals surface area contributed by atoms with Crippen LogP contribution >= 0.6 is 0 Å². The van der Waals surface area contributed by atoms with E-state index in [0.29, 0.717) is 0 Å². The molecule has 0 spiro atoms. The smallest absolute Gasteiger partial charge is 0.335 e. The molecular formula is C56H34O8. The second kappa shape index (κ2) is 15.5. The molecule has 10 rings (SSSR count). The minimum absolute atomic E-state index is 0.208. The van der Waals surface area contributed by atoms with Crippen molar-refractivity contribution in [3.63, 3.8) is 0 Å². The number of carboxylic acids is 4. The number of aromatic carboxylic acids is 4. The van der Waals surface area contributed by atoms with Crippen molar-refractivity contribution in [1.82, 2.24) is 0 Å². The van der Waals surface area contributed by atoms with Gasteiger partial charge in [-0.05, 0) is 208 Å². The van der Waals surface area contributed by atoms with E-state index in [0.717, 1.165) is 98.7 Å². The Morgan fingerprint density at radius 2 is 0.375 bits per heavy atom. The van der Waals surface area contributed by atoms with Crippen LogP contribution in [0.2, 0.25) is 0 Å². The van der Waals surface area contributed by atoms with Gasteiger partial charge in [0.1, 0.15) is 0 Å². The maximum Gasteiger partial charge on any atom is 0.335 e. The van der Waals surface area contributed by atoms with Gasteiger partial charge in [0.2, 0.25) is 0 Å². The Balaban J connectivity index is 1.18. The molecule has 0 amide bonds. The molecule has 0 atom stereocenters. The zero-order chi connectivity index (χ0) is 44.2. The molecule has 0 bridgehead atoms. The molecule has 10 aromatic carbocycles. The lowest BCUT2D eigenvalue weighted by atomic mass is 9.88. The van der Waals surface area contributed by atoms with Crippen LogP contribution in [0, 0.1) is 0 Å². The molecule has 306 valence electrons. The van der Waals surface area contributed by atoms with Crippen molar-refractivity contribution in [1.29, 1.82) is 0 Å². The molecule has 0 aliphatic carbocycles. The molecule has 4 N–H and O–H groups in total. The fourth-order valence-electron chi connectivity index (χ4n) is 8.49. The van der Waals surface area contributed by atoms with Crippen molar-refractivity contribution in [2.45, 2.75) is 0 Å². The van der Waals surface area contributed by atoms with E-state index in [4.69, 9.17) is 0 Å². The molecule has 0 saturated heterocycles. The molecule has 0 aromatic heterocycles. The molecular weight excluding hydrogens is 801 g/mol. The SMILES string of the molecule is O=C(O)c1ccc2cc(-c3cc(-c4cc(-c5ccc6cc(C(=O)O)ccc6c5)cc(-c5ccc6cc(C(=O)O)ccc6c5)c4)cc(-c4ccc5cc(C(=O)O)ccc5c4)c3)ccc2c1. The highest BCUT2D eigenvalue weighted by Gasteiger charge is 2.15. The maximum absolute atomic E-state index is 11.8. The van der Waals surface area contributed by atoms with Crippen molar-refractivity contribution in [2.24, 2.45) is 0 Å². The largest absolute Gasteiger partial charge is 0.478 e. The first kappa shape index (κ1) is 39.3. The molecule has 0 fully saturated rings. The first-order chi connectivity index (χ1) is 30.9. The average Bonchev–Trinajstić information content (AvgIpc) is 3.32. The van der Waals surface area contributed by atoms with Crippen LogP contribution in [0.3, 0.4) is 0 Å². The van der Waals surface area contributed by atoms with Gasteiger partial charge in [0.15, 0.2) is 0 Å². The highest BCUT2D eigenvalue weighted by atomic mass is 16.4. The van der Waals surface area contributed by atoms with Crippen molar-refractivity contribution >= 4 is 67.0 Å². The van der Waals surface area contributed by atoms with Gasteiger partial charge in [-0.25, -0.2) is 19.2 Å². The van der Waals surface area contributed by atoms with Crippen LogP contribution in [0.25, 0.3) is 98.7 Å². The van der Waals surface area contributed by atoms with Gasteiger partial charge < -0.3 is 20.4 Å². The van der Waals surface area contributed by atoms with E-state index < -0.39 is 23.9 Å². The van der Waals surface area contributed by atoms with Crippen LogP contribution in [-0.2, 0) is 0 Å². The number of carbonyl (C=O) groups is 4. The summed E-state index contributed by atoms with van der Waals surface area (Å²) in [5.41, 5.74) is 10.0. The topological polar surface area (TPSA) is 149 Å². The van der Waals surface area contributed by atoms with Gasteiger partial charge in [-0.1, -0.05) is 72.8 Å². The van der Waals surface area contributed by atoms with Gasteiger partial charge >= 0.3 is 23.9 Å². The van der Waals surface area contributed by atoms with E-state index in [9.17, 15) is 39.6 Å². The summed E-state index contributed by atoms with van der Waals surface area (Å²) >= 11 is 0. The van der Waals surface area contributed by atoms with Crippen LogP contribution in [0.15, 0.2) is 182 Å². The molecule has 0 aliphatic rings. The third-order valence-corrected chi connectivity index (χ3v) is 11.9. The van der Waals surface area contributed by atoms with Gasteiger partial charge in [0, 0.05) is 0 Å². The number of hydrogen-bond donors (Lipinski definition) is 4. The summed E-state index contributed by atoms with van der Waals surface area (Å²) in [4.78, 5) is 47.0. The fourth-order valence-corrected chi connectivity index (χ4v) is 8.49. The normalized spacial score (nSPS) is 11.3. The molecule has 0 radical (unpaired) electrons. The van der Waals surface area contributed by atoms with Crippen molar-refractivity contribution in [3.05, 3.63) is 204 Å². The van der Waals surface area contributed by atoms with Gasteiger partial charge in [-0.2, -0.15) is 0 Å². The number of fused-ring (bicyclic) bond motifs is 4. The Morgan fingerprint density at radius 3 is 0.578 bits per heavy atom. The summed E-state index contributed by atoms with van der Waals surface area (Å²) in [6.07, 6.45) is 0. The fraction of sp³-hybridized carbons (Fsp3) is 0. The first-order valence-electron chi connectivity index (χ1n) is 20.3. The second-order valence-electron chi connectivity index (χ2n) is 15.9. The summed E-state index contributed by atoms with van der Waals surface area (Å²) in [6.45, 7) is 0.